The van der Waals surface area contributed by atoms with E-state index in [1.54, 1.807) is 17.0 Å². The van der Waals surface area contributed by atoms with Gasteiger partial charge in [-0.3, -0.25) is 4.79 Å². The number of phenolic OH excluding ortho intramolecular Hbond substituents is 1. The third-order valence-corrected chi connectivity index (χ3v) is 3.77. The second-order valence-electron chi connectivity index (χ2n) is 5.16. The molecule has 2 aromatic rings. The molecule has 2 aromatic carbocycles. The van der Waals surface area contributed by atoms with Gasteiger partial charge in [0.2, 0.25) is 5.91 Å². The summed E-state index contributed by atoms with van der Waals surface area (Å²) < 4.78 is 0. The fourth-order valence-corrected chi connectivity index (χ4v) is 2.66. The monoisotopic (exact) mass is 282 g/mol. The largest absolute Gasteiger partial charge is 0.508 e. The van der Waals surface area contributed by atoms with Crippen LogP contribution < -0.4 is 10.2 Å². The van der Waals surface area contributed by atoms with E-state index in [4.69, 9.17) is 0 Å². The van der Waals surface area contributed by atoms with Gasteiger partial charge in [0.25, 0.3) is 0 Å². The third kappa shape index (κ3) is 2.90. The highest BCUT2D eigenvalue weighted by Gasteiger charge is 2.29. The summed E-state index contributed by atoms with van der Waals surface area (Å²) in [5, 5.41) is 13.1. The Morgan fingerprint density at radius 3 is 2.57 bits per heavy atom. The molecule has 3 rings (SSSR count). The van der Waals surface area contributed by atoms with E-state index in [-0.39, 0.29) is 17.7 Å². The molecule has 0 aromatic heterocycles. The van der Waals surface area contributed by atoms with E-state index in [1.165, 1.54) is 0 Å². The van der Waals surface area contributed by atoms with Crippen LogP contribution in [-0.4, -0.2) is 30.1 Å². The van der Waals surface area contributed by atoms with Crippen molar-refractivity contribution in [3.8, 4) is 5.75 Å². The SMILES string of the molecule is O=C1C(Cc2ccccc2O)NCCN1c1ccccc1. The number of nitrogens with zero attached hydrogens (tertiary/aromatic N) is 1. The standard InChI is InChI=1S/C17H18N2O2/c20-16-9-5-4-6-13(16)12-15-17(21)19(11-10-18-15)14-7-2-1-3-8-14/h1-9,15,18,20H,10-12H2. The van der Waals surface area contributed by atoms with E-state index in [0.29, 0.717) is 13.0 Å². The van der Waals surface area contributed by atoms with Crippen molar-refractivity contribution < 1.29 is 9.90 Å². The lowest BCUT2D eigenvalue weighted by Crippen LogP contribution is -2.56. The zero-order chi connectivity index (χ0) is 14.7. The average molecular weight is 282 g/mol. The third-order valence-electron chi connectivity index (χ3n) is 3.77. The van der Waals surface area contributed by atoms with E-state index in [0.717, 1.165) is 17.8 Å². The van der Waals surface area contributed by atoms with Crippen LogP contribution in [0.25, 0.3) is 0 Å². The smallest absolute Gasteiger partial charge is 0.244 e. The molecule has 4 nitrogen and oxygen atoms in total. The molecule has 1 amide bonds. The lowest BCUT2D eigenvalue weighted by molar-refractivity contribution is -0.121. The van der Waals surface area contributed by atoms with Gasteiger partial charge in [-0.1, -0.05) is 36.4 Å². The first kappa shape index (κ1) is 13.6. The van der Waals surface area contributed by atoms with Crippen LogP contribution in [0.2, 0.25) is 0 Å². The van der Waals surface area contributed by atoms with Crippen LogP contribution in [0.5, 0.6) is 5.75 Å². The van der Waals surface area contributed by atoms with E-state index in [9.17, 15) is 9.90 Å². The first-order valence-corrected chi connectivity index (χ1v) is 7.12. The number of nitrogens with one attached hydrogen (secondary N) is 1. The number of hydrogen-bond acceptors (Lipinski definition) is 3. The molecule has 0 bridgehead atoms. The number of carbonyl (C=O) groups is 1. The number of phenols is 1. The molecule has 1 saturated heterocycles. The maximum absolute atomic E-state index is 12.6. The van der Waals surface area contributed by atoms with Crippen molar-refractivity contribution in [3.63, 3.8) is 0 Å². The summed E-state index contributed by atoms with van der Waals surface area (Å²) in [5.41, 5.74) is 1.71. The topological polar surface area (TPSA) is 52.6 Å². The molecule has 2 N–H and O–H groups in total. The fourth-order valence-electron chi connectivity index (χ4n) is 2.66. The van der Waals surface area contributed by atoms with Crippen LogP contribution in [0, 0.1) is 0 Å². The average Bonchev–Trinajstić information content (AvgIpc) is 2.52. The summed E-state index contributed by atoms with van der Waals surface area (Å²) in [5.74, 6) is 0.291. The molecule has 1 atom stereocenters. The Balaban J connectivity index is 1.78. The zero-order valence-electron chi connectivity index (χ0n) is 11.7. The summed E-state index contributed by atoms with van der Waals surface area (Å²) in [4.78, 5) is 14.4. The maximum atomic E-state index is 12.6. The Morgan fingerprint density at radius 2 is 1.81 bits per heavy atom. The van der Waals surface area contributed by atoms with Crippen molar-refractivity contribution in [2.75, 3.05) is 18.0 Å². The van der Waals surface area contributed by atoms with Crippen LogP contribution in [0.4, 0.5) is 5.69 Å². The second kappa shape index (κ2) is 5.97. The van der Waals surface area contributed by atoms with Crippen LogP contribution in [0.15, 0.2) is 54.6 Å². The quantitative estimate of drug-likeness (QED) is 0.904. The van der Waals surface area contributed by atoms with Gasteiger partial charge in [0.15, 0.2) is 0 Å². The van der Waals surface area contributed by atoms with Crippen LogP contribution in [0.1, 0.15) is 5.56 Å². The molecule has 1 unspecified atom stereocenters. The number of carbonyl (C=O) groups excluding carboxylic acids is 1. The highest BCUT2D eigenvalue weighted by Crippen LogP contribution is 2.21. The van der Waals surface area contributed by atoms with Crippen LogP contribution in [-0.2, 0) is 11.2 Å². The number of benzene rings is 2. The molecule has 1 fully saturated rings. The first-order valence-electron chi connectivity index (χ1n) is 7.12. The number of aromatic hydroxyl groups is 1. The minimum atomic E-state index is -0.299. The van der Waals surface area contributed by atoms with Crippen molar-refractivity contribution >= 4 is 11.6 Å². The van der Waals surface area contributed by atoms with Crippen molar-refractivity contribution in [2.24, 2.45) is 0 Å². The van der Waals surface area contributed by atoms with E-state index in [1.807, 2.05) is 42.5 Å². The molecular formula is C17H18N2O2. The van der Waals surface area contributed by atoms with Crippen LogP contribution >= 0.6 is 0 Å². The number of rotatable bonds is 3. The van der Waals surface area contributed by atoms with E-state index in [2.05, 4.69) is 5.32 Å². The van der Waals surface area contributed by atoms with Crippen LogP contribution in [0.3, 0.4) is 0 Å². The van der Waals surface area contributed by atoms with Crippen molar-refractivity contribution in [3.05, 3.63) is 60.2 Å². The van der Waals surface area contributed by atoms with Gasteiger partial charge >= 0.3 is 0 Å². The summed E-state index contributed by atoms with van der Waals surface area (Å²) in [6, 6.07) is 16.6. The van der Waals surface area contributed by atoms with Crippen molar-refractivity contribution in [1.29, 1.82) is 0 Å². The summed E-state index contributed by atoms with van der Waals surface area (Å²) in [6.07, 6.45) is 0.495. The Hall–Kier alpha value is -2.33. The molecular weight excluding hydrogens is 264 g/mol. The minimum absolute atomic E-state index is 0.0516. The molecule has 1 heterocycles. The fraction of sp³-hybridized carbons (Fsp3) is 0.235. The van der Waals surface area contributed by atoms with Crippen molar-refractivity contribution in [2.45, 2.75) is 12.5 Å². The first-order chi connectivity index (χ1) is 10.3. The summed E-state index contributed by atoms with van der Waals surface area (Å²) in [6.45, 7) is 1.42. The number of hydrogen-bond donors (Lipinski definition) is 2. The Labute approximate surface area is 124 Å². The summed E-state index contributed by atoms with van der Waals surface area (Å²) >= 11 is 0. The van der Waals surface area contributed by atoms with Gasteiger partial charge < -0.3 is 15.3 Å². The lowest BCUT2D eigenvalue weighted by Gasteiger charge is -2.33. The van der Waals surface area contributed by atoms with Gasteiger partial charge in [0.05, 0.1) is 6.04 Å². The number of anilines is 1. The number of piperazine rings is 1. The lowest BCUT2D eigenvalue weighted by atomic mass is 10.0. The van der Waals surface area contributed by atoms with Gasteiger partial charge in [-0.25, -0.2) is 0 Å². The second-order valence-corrected chi connectivity index (χ2v) is 5.16. The Bertz CT molecular complexity index is 628. The highest BCUT2D eigenvalue weighted by molar-refractivity contribution is 5.98. The predicted octanol–water partition coefficient (Wildman–Crippen LogP) is 1.94. The molecule has 0 radical (unpaired) electrons. The summed E-state index contributed by atoms with van der Waals surface area (Å²) in [7, 11) is 0. The van der Waals surface area contributed by atoms with Gasteiger partial charge in [0.1, 0.15) is 5.75 Å². The normalized spacial score (nSPS) is 18.8. The zero-order valence-corrected chi connectivity index (χ0v) is 11.7. The minimum Gasteiger partial charge on any atom is -0.508 e. The molecule has 4 heteroatoms. The molecule has 21 heavy (non-hydrogen) atoms. The van der Waals surface area contributed by atoms with Gasteiger partial charge in [-0.05, 0) is 23.8 Å². The Morgan fingerprint density at radius 1 is 1.10 bits per heavy atom. The molecule has 1 aliphatic heterocycles. The highest BCUT2D eigenvalue weighted by atomic mass is 16.3. The Kier molecular flexibility index (Phi) is 3.88. The van der Waals surface area contributed by atoms with E-state index < -0.39 is 0 Å². The molecule has 1 aliphatic rings. The predicted molar refractivity (Wildman–Crippen MR) is 82.4 cm³/mol. The molecule has 0 saturated carbocycles. The van der Waals surface area contributed by atoms with Gasteiger partial charge in [0, 0.05) is 25.2 Å². The van der Waals surface area contributed by atoms with Gasteiger partial charge in [-0.15, -0.1) is 0 Å². The van der Waals surface area contributed by atoms with E-state index >= 15 is 0 Å². The molecule has 0 spiro atoms. The number of amides is 1. The molecule has 0 aliphatic carbocycles. The number of para-hydroxylation sites is 2. The maximum Gasteiger partial charge on any atom is 0.244 e. The molecule has 108 valence electrons. The van der Waals surface area contributed by atoms with Gasteiger partial charge in [-0.2, -0.15) is 0 Å². The van der Waals surface area contributed by atoms with Crippen molar-refractivity contribution in [1.82, 2.24) is 5.32 Å².